The van der Waals surface area contributed by atoms with Crippen LogP contribution in [-0.2, 0) is 25.5 Å². The summed E-state index contributed by atoms with van der Waals surface area (Å²) in [5.74, 6) is -0.616. The van der Waals surface area contributed by atoms with Crippen molar-refractivity contribution in [2.75, 3.05) is 19.5 Å². The molecule has 98 valence electrons. The van der Waals surface area contributed by atoms with Crippen molar-refractivity contribution >= 4 is 17.6 Å². The fourth-order valence-corrected chi connectivity index (χ4v) is 1.36. The maximum atomic E-state index is 11.4. The standard InChI is InChI=1S/C13H17NO4/c1-17-12(15)3-2-8-18-13(16)9-10-4-6-11(14)7-5-10/h4-7H,2-3,8-9,14H2,1H3. The van der Waals surface area contributed by atoms with E-state index in [0.29, 0.717) is 12.1 Å². The minimum absolute atomic E-state index is 0.207. The fourth-order valence-electron chi connectivity index (χ4n) is 1.36. The molecule has 0 fully saturated rings. The molecule has 0 unspecified atom stereocenters. The molecule has 0 radical (unpaired) electrons. The third-order valence-electron chi connectivity index (χ3n) is 2.34. The quantitative estimate of drug-likeness (QED) is 0.468. The number of carbonyl (C=O) groups excluding carboxylic acids is 2. The van der Waals surface area contributed by atoms with Crippen molar-refractivity contribution in [2.45, 2.75) is 19.3 Å². The van der Waals surface area contributed by atoms with Crippen molar-refractivity contribution in [3.63, 3.8) is 0 Å². The number of methoxy groups -OCH3 is 1. The van der Waals surface area contributed by atoms with Crippen molar-refractivity contribution in [3.8, 4) is 0 Å². The van der Waals surface area contributed by atoms with Crippen LogP contribution in [0.4, 0.5) is 5.69 Å². The molecule has 0 aromatic heterocycles. The van der Waals surface area contributed by atoms with Crippen LogP contribution in [0, 0.1) is 0 Å². The topological polar surface area (TPSA) is 78.6 Å². The minimum Gasteiger partial charge on any atom is -0.469 e. The van der Waals surface area contributed by atoms with Crippen LogP contribution in [0.5, 0.6) is 0 Å². The van der Waals surface area contributed by atoms with Crippen LogP contribution in [-0.4, -0.2) is 25.7 Å². The first kappa shape index (κ1) is 14.0. The van der Waals surface area contributed by atoms with Crippen LogP contribution in [0.2, 0.25) is 0 Å². The second-order valence-corrected chi connectivity index (χ2v) is 3.82. The summed E-state index contributed by atoms with van der Waals surface area (Å²) in [6.07, 6.45) is 0.935. The van der Waals surface area contributed by atoms with Crippen molar-refractivity contribution in [3.05, 3.63) is 29.8 Å². The van der Waals surface area contributed by atoms with E-state index in [1.165, 1.54) is 7.11 Å². The summed E-state index contributed by atoms with van der Waals surface area (Å²) in [6, 6.07) is 7.04. The number of carbonyl (C=O) groups is 2. The maximum Gasteiger partial charge on any atom is 0.310 e. The van der Waals surface area contributed by atoms with E-state index in [9.17, 15) is 9.59 Å². The zero-order chi connectivity index (χ0) is 13.4. The Morgan fingerprint density at radius 2 is 1.83 bits per heavy atom. The number of hydrogen-bond acceptors (Lipinski definition) is 5. The SMILES string of the molecule is COC(=O)CCCOC(=O)Cc1ccc(N)cc1. The summed E-state index contributed by atoms with van der Waals surface area (Å²) < 4.78 is 9.47. The highest BCUT2D eigenvalue weighted by molar-refractivity contribution is 5.73. The van der Waals surface area contributed by atoms with Gasteiger partial charge in [0.25, 0.3) is 0 Å². The Labute approximate surface area is 106 Å². The first-order chi connectivity index (χ1) is 8.61. The highest BCUT2D eigenvalue weighted by Gasteiger charge is 2.05. The van der Waals surface area contributed by atoms with Gasteiger partial charge in [-0.05, 0) is 24.1 Å². The number of nitrogens with two attached hydrogens (primary N) is 1. The van der Waals surface area contributed by atoms with Crippen LogP contribution in [0.25, 0.3) is 0 Å². The maximum absolute atomic E-state index is 11.4. The van der Waals surface area contributed by atoms with E-state index in [1.807, 2.05) is 0 Å². The molecule has 5 nitrogen and oxygen atoms in total. The molecular formula is C13H17NO4. The number of rotatable bonds is 6. The first-order valence-corrected chi connectivity index (χ1v) is 5.68. The molecule has 0 spiro atoms. The average Bonchev–Trinajstić information content (AvgIpc) is 2.37. The zero-order valence-corrected chi connectivity index (χ0v) is 10.3. The van der Waals surface area contributed by atoms with Gasteiger partial charge in [-0.15, -0.1) is 0 Å². The number of anilines is 1. The number of nitrogen functional groups attached to an aromatic ring is 1. The summed E-state index contributed by atoms with van der Waals surface area (Å²) in [5.41, 5.74) is 7.04. The Morgan fingerprint density at radius 3 is 2.44 bits per heavy atom. The van der Waals surface area contributed by atoms with Crippen LogP contribution < -0.4 is 5.73 Å². The molecule has 0 saturated carbocycles. The van der Waals surface area contributed by atoms with E-state index < -0.39 is 0 Å². The van der Waals surface area contributed by atoms with Crippen LogP contribution >= 0.6 is 0 Å². The lowest BCUT2D eigenvalue weighted by molar-refractivity contribution is -0.145. The van der Waals surface area contributed by atoms with E-state index in [1.54, 1.807) is 24.3 Å². The molecule has 1 rings (SSSR count). The molecule has 2 N–H and O–H groups in total. The van der Waals surface area contributed by atoms with Gasteiger partial charge in [0.05, 0.1) is 20.1 Å². The number of benzene rings is 1. The Balaban J connectivity index is 2.21. The van der Waals surface area contributed by atoms with Gasteiger partial charge in [-0.2, -0.15) is 0 Å². The molecule has 0 aliphatic carbocycles. The van der Waals surface area contributed by atoms with E-state index in [-0.39, 0.29) is 31.4 Å². The average molecular weight is 251 g/mol. The van der Waals surface area contributed by atoms with Gasteiger partial charge in [-0.3, -0.25) is 9.59 Å². The summed E-state index contributed by atoms with van der Waals surface area (Å²) in [5, 5.41) is 0. The number of ether oxygens (including phenoxy) is 2. The molecule has 1 aromatic rings. The van der Waals surface area contributed by atoms with Gasteiger partial charge < -0.3 is 15.2 Å². The van der Waals surface area contributed by atoms with E-state index >= 15 is 0 Å². The fraction of sp³-hybridized carbons (Fsp3) is 0.385. The molecule has 0 aliphatic heterocycles. The van der Waals surface area contributed by atoms with E-state index in [2.05, 4.69) is 4.74 Å². The molecular weight excluding hydrogens is 234 g/mol. The predicted octanol–water partition coefficient (Wildman–Crippen LogP) is 1.31. The largest absolute Gasteiger partial charge is 0.469 e. The number of hydrogen-bond donors (Lipinski definition) is 1. The first-order valence-electron chi connectivity index (χ1n) is 5.68. The van der Waals surface area contributed by atoms with Crippen LogP contribution in [0.15, 0.2) is 24.3 Å². The smallest absolute Gasteiger partial charge is 0.310 e. The zero-order valence-electron chi connectivity index (χ0n) is 10.3. The second-order valence-electron chi connectivity index (χ2n) is 3.82. The summed E-state index contributed by atoms with van der Waals surface area (Å²) in [4.78, 5) is 22.2. The van der Waals surface area contributed by atoms with Crippen LogP contribution in [0.3, 0.4) is 0 Å². The minimum atomic E-state index is -0.315. The Hall–Kier alpha value is -2.04. The monoisotopic (exact) mass is 251 g/mol. The van der Waals surface area contributed by atoms with Gasteiger partial charge in [-0.1, -0.05) is 12.1 Å². The van der Waals surface area contributed by atoms with Gasteiger partial charge in [0.1, 0.15) is 0 Å². The molecule has 18 heavy (non-hydrogen) atoms. The lowest BCUT2D eigenvalue weighted by Crippen LogP contribution is -2.10. The van der Waals surface area contributed by atoms with E-state index in [4.69, 9.17) is 10.5 Å². The molecule has 0 heterocycles. The molecule has 0 bridgehead atoms. The van der Waals surface area contributed by atoms with Crippen molar-refractivity contribution in [2.24, 2.45) is 0 Å². The molecule has 0 amide bonds. The highest BCUT2D eigenvalue weighted by atomic mass is 16.5. The lowest BCUT2D eigenvalue weighted by Gasteiger charge is -2.04. The van der Waals surface area contributed by atoms with Crippen LogP contribution in [0.1, 0.15) is 18.4 Å². The predicted molar refractivity (Wildman–Crippen MR) is 66.8 cm³/mol. The molecule has 0 saturated heterocycles. The lowest BCUT2D eigenvalue weighted by atomic mass is 10.1. The number of esters is 2. The van der Waals surface area contributed by atoms with Crippen molar-refractivity contribution < 1.29 is 19.1 Å². The van der Waals surface area contributed by atoms with Gasteiger partial charge in [0.2, 0.25) is 0 Å². The Kier molecular flexibility index (Phi) is 5.70. The molecule has 0 atom stereocenters. The summed E-state index contributed by atoms with van der Waals surface area (Å²) in [7, 11) is 1.33. The highest BCUT2D eigenvalue weighted by Crippen LogP contribution is 2.07. The van der Waals surface area contributed by atoms with Gasteiger partial charge in [0.15, 0.2) is 0 Å². The van der Waals surface area contributed by atoms with Crippen molar-refractivity contribution in [1.29, 1.82) is 0 Å². The summed E-state index contributed by atoms with van der Waals surface area (Å²) in [6.45, 7) is 0.225. The third kappa shape index (κ3) is 5.34. The van der Waals surface area contributed by atoms with Crippen molar-refractivity contribution in [1.82, 2.24) is 0 Å². The Bertz CT molecular complexity index is 400. The molecule has 0 aliphatic rings. The van der Waals surface area contributed by atoms with Gasteiger partial charge in [0, 0.05) is 12.1 Å². The van der Waals surface area contributed by atoms with E-state index in [0.717, 1.165) is 5.56 Å². The third-order valence-corrected chi connectivity index (χ3v) is 2.34. The second kappa shape index (κ2) is 7.32. The van der Waals surface area contributed by atoms with Gasteiger partial charge in [-0.25, -0.2) is 0 Å². The normalized spacial score (nSPS) is 9.83. The molecule has 5 heteroatoms. The van der Waals surface area contributed by atoms with Gasteiger partial charge >= 0.3 is 11.9 Å². The Morgan fingerprint density at radius 1 is 1.17 bits per heavy atom. The molecule has 1 aromatic carbocycles. The summed E-state index contributed by atoms with van der Waals surface area (Å²) >= 11 is 0.